The monoisotopic (exact) mass is 419 g/mol. The lowest BCUT2D eigenvalue weighted by Gasteiger charge is -2.11. The van der Waals surface area contributed by atoms with E-state index in [2.05, 4.69) is 15.5 Å². The van der Waals surface area contributed by atoms with E-state index in [1.807, 2.05) is 44.2 Å². The van der Waals surface area contributed by atoms with Crippen molar-refractivity contribution in [2.24, 2.45) is 0 Å². The number of nitrogens with zero attached hydrogens (tertiary/aromatic N) is 4. The number of halogens is 1. The van der Waals surface area contributed by atoms with Gasteiger partial charge in [-0.2, -0.15) is 10.2 Å². The summed E-state index contributed by atoms with van der Waals surface area (Å²) in [7, 11) is 0. The highest BCUT2D eigenvalue weighted by Gasteiger charge is 2.21. The highest BCUT2D eigenvalue weighted by molar-refractivity contribution is 6.04. The molecule has 0 saturated heterocycles. The number of carbonyl (C=O) groups is 1. The predicted octanol–water partition coefficient (Wildman–Crippen LogP) is 3.67. The van der Waals surface area contributed by atoms with Gasteiger partial charge in [-0.1, -0.05) is 30.3 Å². The number of benzene rings is 2. The van der Waals surface area contributed by atoms with Gasteiger partial charge in [-0.05, 0) is 44.5 Å². The molecule has 31 heavy (non-hydrogen) atoms. The van der Waals surface area contributed by atoms with Gasteiger partial charge in [0.15, 0.2) is 5.69 Å². The van der Waals surface area contributed by atoms with Crippen LogP contribution in [0.5, 0.6) is 0 Å². The zero-order valence-electron chi connectivity index (χ0n) is 17.5. The van der Waals surface area contributed by atoms with E-state index in [0.29, 0.717) is 30.0 Å². The van der Waals surface area contributed by atoms with Gasteiger partial charge in [0.1, 0.15) is 5.82 Å². The second-order valence-corrected chi connectivity index (χ2v) is 7.30. The van der Waals surface area contributed by atoms with Crippen molar-refractivity contribution in [1.82, 2.24) is 19.6 Å². The fraction of sp³-hybridized carbons (Fsp3) is 0.217. The fourth-order valence-corrected chi connectivity index (χ4v) is 3.61. The van der Waals surface area contributed by atoms with E-state index >= 15 is 0 Å². The van der Waals surface area contributed by atoms with Gasteiger partial charge in [0.25, 0.3) is 5.91 Å². The second-order valence-electron chi connectivity index (χ2n) is 7.30. The molecule has 2 heterocycles. The molecule has 8 heteroatoms. The number of anilines is 1. The van der Waals surface area contributed by atoms with Gasteiger partial charge in [0, 0.05) is 6.54 Å². The maximum Gasteiger partial charge on any atom is 0.280 e. The van der Waals surface area contributed by atoms with E-state index in [1.54, 1.807) is 11.6 Å². The van der Waals surface area contributed by atoms with E-state index < -0.39 is 17.2 Å². The molecule has 4 aromatic rings. The first kappa shape index (κ1) is 20.5. The van der Waals surface area contributed by atoms with Crippen molar-refractivity contribution in [2.45, 2.75) is 33.9 Å². The summed E-state index contributed by atoms with van der Waals surface area (Å²) in [5, 5.41) is 11.6. The molecule has 0 aliphatic carbocycles. The van der Waals surface area contributed by atoms with Crippen molar-refractivity contribution in [1.29, 1.82) is 0 Å². The minimum absolute atomic E-state index is 0.121. The first-order valence-corrected chi connectivity index (χ1v) is 9.98. The zero-order valence-corrected chi connectivity index (χ0v) is 17.5. The Kier molecular flexibility index (Phi) is 5.37. The smallest absolute Gasteiger partial charge is 0.280 e. The molecule has 0 spiro atoms. The third-order valence-electron chi connectivity index (χ3n) is 5.23. The maximum atomic E-state index is 13.7. The SMILES string of the molecule is CCn1nc(C(=O)Nc2c(C)nn(Cc3ccccc3)c2C)c(=O)c2cc(F)ccc21. The molecule has 4 rings (SSSR count). The van der Waals surface area contributed by atoms with E-state index in [0.717, 1.165) is 17.3 Å². The van der Waals surface area contributed by atoms with Crippen LogP contribution in [0, 0.1) is 19.7 Å². The number of aromatic nitrogens is 4. The normalized spacial score (nSPS) is 11.1. The lowest BCUT2D eigenvalue weighted by molar-refractivity contribution is 0.101. The second kappa shape index (κ2) is 8.14. The Balaban J connectivity index is 1.70. The predicted molar refractivity (Wildman–Crippen MR) is 117 cm³/mol. The number of hydrogen-bond acceptors (Lipinski definition) is 4. The standard InChI is InChI=1S/C23H22FN5O2/c1-4-28-19-11-10-17(24)12-18(19)22(30)21(27-28)23(31)25-20-14(2)26-29(15(20)3)13-16-8-6-5-7-9-16/h5-12H,4,13H2,1-3H3,(H,25,31). The molecule has 0 atom stereocenters. The molecule has 2 aromatic heterocycles. The van der Waals surface area contributed by atoms with Gasteiger partial charge in [-0.25, -0.2) is 4.39 Å². The number of rotatable bonds is 5. The van der Waals surface area contributed by atoms with Crippen LogP contribution in [0.3, 0.4) is 0 Å². The Morgan fingerprint density at radius 2 is 1.81 bits per heavy atom. The lowest BCUT2D eigenvalue weighted by atomic mass is 10.2. The molecule has 2 aromatic carbocycles. The number of nitrogens with one attached hydrogen (secondary N) is 1. The molecule has 0 aliphatic heterocycles. The average Bonchev–Trinajstić information content (AvgIpc) is 3.02. The van der Waals surface area contributed by atoms with E-state index in [-0.39, 0.29) is 11.1 Å². The van der Waals surface area contributed by atoms with E-state index in [4.69, 9.17) is 0 Å². The van der Waals surface area contributed by atoms with Gasteiger partial charge >= 0.3 is 0 Å². The van der Waals surface area contributed by atoms with Crippen LogP contribution in [0.1, 0.15) is 34.4 Å². The van der Waals surface area contributed by atoms with Crippen LogP contribution in [-0.4, -0.2) is 25.5 Å². The number of hydrogen-bond donors (Lipinski definition) is 1. The number of aryl methyl sites for hydroxylation is 2. The summed E-state index contributed by atoms with van der Waals surface area (Å²) in [5.74, 6) is -1.19. The molecule has 0 aliphatic rings. The summed E-state index contributed by atoms with van der Waals surface area (Å²) < 4.78 is 17.1. The van der Waals surface area contributed by atoms with Crippen molar-refractivity contribution in [2.75, 3.05) is 5.32 Å². The quantitative estimate of drug-likeness (QED) is 0.535. The van der Waals surface area contributed by atoms with Crippen molar-refractivity contribution in [3.05, 3.63) is 87.2 Å². The number of carbonyl (C=O) groups excluding carboxylic acids is 1. The third kappa shape index (κ3) is 3.84. The summed E-state index contributed by atoms with van der Waals surface area (Å²) in [6.07, 6.45) is 0. The number of amides is 1. The first-order valence-electron chi connectivity index (χ1n) is 9.98. The van der Waals surface area contributed by atoms with Crippen LogP contribution in [0.15, 0.2) is 53.3 Å². The fourth-order valence-electron chi connectivity index (χ4n) is 3.61. The summed E-state index contributed by atoms with van der Waals surface area (Å²) in [6, 6.07) is 13.8. The van der Waals surface area contributed by atoms with Gasteiger partial charge in [-0.15, -0.1) is 0 Å². The van der Waals surface area contributed by atoms with E-state index in [9.17, 15) is 14.0 Å². The van der Waals surface area contributed by atoms with Crippen molar-refractivity contribution < 1.29 is 9.18 Å². The Hall–Kier alpha value is -3.81. The van der Waals surface area contributed by atoms with Crippen LogP contribution in [-0.2, 0) is 13.1 Å². The highest BCUT2D eigenvalue weighted by Crippen LogP contribution is 2.21. The average molecular weight is 419 g/mol. The molecule has 158 valence electrons. The van der Waals surface area contributed by atoms with E-state index in [1.165, 1.54) is 16.8 Å². The highest BCUT2D eigenvalue weighted by atomic mass is 19.1. The Morgan fingerprint density at radius 3 is 2.52 bits per heavy atom. The van der Waals surface area contributed by atoms with Gasteiger partial charge in [-0.3, -0.25) is 19.0 Å². The summed E-state index contributed by atoms with van der Waals surface area (Å²) in [5.41, 5.74) is 2.59. The largest absolute Gasteiger partial charge is 0.317 e. The minimum Gasteiger partial charge on any atom is -0.317 e. The van der Waals surface area contributed by atoms with Gasteiger partial charge in [0.05, 0.1) is 34.5 Å². The molecular weight excluding hydrogens is 397 g/mol. The van der Waals surface area contributed by atoms with Gasteiger partial charge < -0.3 is 5.32 Å². The van der Waals surface area contributed by atoms with Crippen LogP contribution in [0.2, 0.25) is 0 Å². The molecule has 1 amide bonds. The number of fused-ring (bicyclic) bond motifs is 1. The Bertz CT molecular complexity index is 1340. The van der Waals surface area contributed by atoms with Crippen molar-refractivity contribution in [3.8, 4) is 0 Å². The molecule has 0 saturated carbocycles. The summed E-state index contributed by atoms with van der Waals surface area (Å²) >= 11 is 0. The maximum absolute atomic E-state index is 13.7. The first-order chi connectivity index (χ1) is 14.9. The zero-order chi connectivity index (χ0) is 22.1. The van der Waals surface area contributed by atoms with Crippen LogP contribution >= 0.6 is 0 Å². The lowest BCUT2D eigenvalue weighted by Crippen LogP contribution is -2.27. The van der Waals surface area contributed by atoms with Crippen LogP contribution in [0.25, 0.3) is 10.9 Å². The molecule has 0 unspecified atom stereocenters. The molecule has 0 bridgehead atoms. The molecule has 7 nitrogen and oxygen atoms in total. The topological polar surface area (TPSA) is 81.8 Å². The third-order valence-corrected chi connectivity index (χ3v) is 5.23. The Labute approximate surface area is 178 Å². The van der Waals surface area contributed by atoms with Crippen LogP contribution in [0.4, 0.5) is 10.1 Å². The minimum atomic E-state index is -0.649. The Morgan fingerprint density at radius 1 is 1.06 bits per heavy atom. The molecule has 0 radical (unpaired) electrons. The molecular formula is C23H22FN5O2. The van der Waals surface area contributed by atoms with Gasteiger partial charge in [0.2, 0.25) is 5.43 Å². The van der Waals surface area contributed by atoms with Crippen molar-refractivity contribution >= 4 is 22.5 Å². The summed E-state index contributed by atoms with van der Waals surface area (Å²) in [6.45, 7) is 6.46. The van der Waals surface area contributed by atoms with Crippen LogP contribution < -0.4 is 10.7 Å². The summed E-state index contributed by atoms with van der Waals surface area (Å²) in [4.78, 5) is 25.9. The van der Waals surface area contributed by atoms with Crippen molar-refractivity contribution in [3.63, 3.8) is 0 Å². The molecule has 1 N–H and O–H groups in total. The molecule has 0 fully saturated rings.